The summed E-state index contributed by atoms with van der Waals surface area (Å²) in [5.74, 6) is 2.45. The predicted molar refractivity (Wildman–Crippen MR) is 90.1 cm³/mol. The largest absolute Gasteiger partial charge is 0.494 e. The average molecular weight is 289 g/mol. The minimum atomic E-state index is 0.196. The van der Waals surface area contributed by atoms with Gasteiger partial charge in [0.25, 0.3) is 0 Å². The summed E-state index contributed by atoms with van der Waals surface area (Å²) >= 11 is 0. The Morgan fingerprint density at radius 3 is 2.57 bits per heavy atom. The van der Waals surface area contributed by atoms with Crippen molar-refractivity contribution >= 4 is 0 Å². The van der Waals surface area contributed by atoms with E-state index in [1.807, 2.05) is 0 Å². The van der Waals surface area contributed by atoms with E-state index in [2.05, 4.69) is 57.3 Å². The lowest BCUT2D eigenvalue weighted by Gasteiger charge is -2.35. The van der Waals surface area contributed by atoms with Crippen molar-refractivity contribution in [1.29, 1.82) is 0 Å². The summed E-state index contributed by atoms with van der Waals surface area (Å²) in [7, 11) is 0. The molecule has 1 N–H and O–H groups in total. The molecule has 21 heavy (non-hydrogen) atoms. The van der Waals surface area contributed by atoms with E-state index in [0.717, 1.165) is 24.8 Å². The highest BCUT2D eigenvalue weighted by Crippen LogP contribution is 2.41. The number of ether oxygens (including phenoxy) is 1. The van der Waals surface area contributed by atoms with Crippen molar-refractivity contribution < 1.29 is 4.74 Å². The number of rotatable bonds is 5. The van der Waals surface area contributed by atoms with E-state index < -0.39 is 0 Å². The molecule has 2 atom stereocenters. The lowest BCUT2D eigenvalue weighted by atomic mass is 9.75. The minimum absolute atomic E-state index is 0.196. The van der Waals surface area contributed by atoms with E-state index in [9.17, 15) is 0 Å². The first-order valence-electron chi connectivity index (χ1n) is 8.48. The second kappa shape index (κ2) is 7.31. The van der Waals surface area contributed by atoms with E-state index in [1.54, 1.807) is 0 Å². The summed E-state index contributed by atoms with van der Waals surface area (Å²) in [4.78, 5) is 0. The Labute approximate surface area is 130 Å². The van der Waals surface area contributed by atoms with Gasteiger partial charge in [0, 0.05) is 5.54 Å². The van der Waals surface area contributed by atoms with Gasteiger partial charge in [-0.2, -0.15) is 0 Å². The molecule has 1 fully saturated rings. The van der Waals surface area contributed by atoms with Crippen molar-refractivity contribution in [3.8, 4) is 5.75 Å². The van der Waals surface area contributed by atoms with Gasteiger partial charge in [0.2, 0.25) is 0 Å². The molecule has 2 nitrogen and oxygen atoms in total. The van der Waals surface area contributed by atoms with Gasteiger partial charge in [-0.05, 0) is 70.5 Å². The lowest BCUT2D eigenvalue weighted by Crippen LogP contribution is -2.41. The normalized spacial score (nSPS) is 23.0. The Bertz CT molecular complexity index is 435. The van der Waals surface area contributed by atoms with Gasteiger partial charge in [0.15, 0.2) is 0 Å². The van der Waals surface area contributed by atoms with Crippen LogP contribution in [0, 0.1) is 5.92 Å². The fourth-order valence-electron chi connectivity index (χ4n) is 3.37. The molecule has 2 rings (SSSR count). The molecule has 1 aromatic rings. The summed E-state index contributed by atoms with van der Waals surface area (Å²) in [6.45, 7) is 10.7. The van der Waals surface area contributed by atoms with E-state index in [-0.39, 0.29) is 5.54 Å². The number of hydrogen-bond acceptors (Lipinski definition) is 2. The van der Waals surface area contributed by atoms with Crippen LogP contribution in [0.1, 0.15) is 64.9 Å². The molecule has 0 spiro atoms. The third kappa shape index (κ3) is 4.74. The fourth-order valence-corrected chi connectivity index (χ4v) is 3.37. The molecular weight excluding hydrogens is 258 g/mol. The third-order valence-corrected chi connectivity index (χ3v) is 4.42. The zero-order chi connectivity index (χ0) is 15.3. The van der Waals surface area contributed by atoms with Crippen LogP contribution in [0.25, 0.3) is 0 Å². The molecule has 0 aliphatic heterocycles. The highest BCUT2D eigenvalue weighted by atomic mass is 16.5. The molecule has 0 amide bonds. The fraction of sp³-hybridized carbons (Fsp3) is 0.684. The monoisotopic (exact) mass is 289 g/mol. The second-order valence-electron chi connectivity index (χ2n) is 7.25. The van der Waals surface area contributed by atoms with Crippen molar-refractivity contribution in [2.24, 2.45) is 5.92 Å². The van der Waals surface area contributed by atoms with Crippen LogP contribution in [0.4, 0.5) is 0 Å². The van der Waals surface area contributed by atoms with Gasteiger partial charge in [0.1, 0.15) is 5.75 Å². The highest BCUT2D eigenvalue weighted by molar-refractivity contribution is 5.37. The molecule has 2 unspecified atom stereocenters. The molecule has 0 saturated heterocycles. The zero-order valence-corrected chi connectivity index (χ0v) is 14.1. The van der Waals surface area contributed by atoms with Crippen LogP contribution in [0.2, 0.25) is 0 Å². The molecule has 0 aromatic heterocycles. The van der Waals surface area contributed by atoms with Crippen molar-refractivity contribution in [3.05, 3.63) is 29.8 Å². The van der Waals surface area contributed by atoms with E-state index in [4.69, 9.17) is 4.74 Å². The van der Waals surface area contributed by atoms with Crippen molar-refractivity contribution in [1.82, 2.24) is 5.32 Å². The quantitative estimate of drug-likeness (QED) is 0.844. The summed E-state index contributed by atoms with van der Waals surface area (Å²) in [6, 6.07) is 8.63. The van der Waals surface area contributed by atoms with Crippen LogP contribution < -0.4 is 10.1 Å². The number of hydrogen-bond donors (Lipinski definition) is 1. The Morgan fingerprint density at radius 1 is 1.14 bits per heavy atom. The smallest absolute Gasteiger partial charge is 0.122 e. The van der Waals surface area contributed by atoms with E-state index in [0.29, 0.717) is 5.92 Å². The van der Waals surface area contributed by atoms with Gasteiger partial charge in [-0.25, -0.2) is 0 Å². The SMILES string of the molecule is CCOc1ccccc1C1CCCCC1CNC(C)(C)C. The van der Waals surface area contributed by atoms with Crippen molar-refractivity contribution in [2.45, 2.75) is 64.8 Å². The van der Waals surface area contributed by atoms with E-state index in [1.165, 1.54) is 31.2 Å². The van der Waals surface area contributed by atoms with Gasteiger partial charge < -0.3 is 10.1 Å². The summed E-state index contributed by atoms with van der Waals surface area (Å²) in [6.07, 6.45) is 5.33. The maximum absolute atomic E-state index is 5.86. The Hall–Kier alpha value is -1.02. The Kier molecular flexibility index (Phi) is 5.69. The number of benzene rings is 1. The Balaban J connectivity index is 2.14. The van der Waals surface area contributed by atoms with Gasteiger partial charge in [0.05, 0.1) is 6.61 Å². The topological polar surface area (TPSA) is 21.3 Å². The van der Waals surface area contributed by atoms with Crippen LogP contribution in [0.3, 0.4) is 0 Å². The highest BCUT2D eigenvalue weighted by Gasteiger charge is 2.29. The first-order valence-corrected chi connectivity index (χ1v) is 8.48. The molecule has 1 saturated carbocycles. The molecule has 1 aliphatic carbocycles. The molecule has 1 aliphatic rings. The maximum Gasteiger partial charge on any atom is 0.122 e. The predicted octanol–water partition coefficient (Wildman–Crippen LogP) is 4.75. The standard InChI is InChI=1S/C19H31NO/c1-5-21-18-13-9-8-12-17(18)16-11-7-6-10-15(16)14-20-19(2,3)4/h8-9,12-13,15-16,20H,5-7,10-11,14H2,1-4H3. The van der Waals surface area contributed by atoms with Crippen LogP contribution >= 0.6 is 0 Å². The lowest BCUT2D eigenvalue weighted by molar-refractivity contribution is 0.260. The molecule has 118 valence electrons. The molecule has 0 bridgehead atoms. The average Bonchev–Trinajstić information content (AvgIpc) is 2.46. The maximum atomic E-state index is 5.86. The van der Waals surface area contributed by atoms with Gasteiger partial charge in [-0.15, -0.1) is 0 Å². The number of para-hydroxylation sites is 1. The molecule has 0 heterocycles. The van der Waals surface area contributed by atoms with Crippen LogP contribution in [0.15, 0.2) is 24.3 Å². The van der Waals surface area contributed by atoms with Gasteiger partial charge in [-0.3, -0.25) is 0 Å². The number of nitrogens with one attached hydrogen (secondary N) is 1. The first kappa shape index (κ1) is 16.4. The van der Waals surface area contributed by atoms with Gasteiger partial charge >= 0.3 is 0 Å². The van der Waals surface area contributed by atoms with Crippen LogP contribution in [-0.2, 0) is 0 Å². The van der Waals surface area contributed by atoms with Crippen molar-refractivity contribution in [2.75, 3.05) is 13.2 Å². The second-order valence-corrected chi connectivity index (χ2v) is 7.25. The summed E-state index contributed by atoms with van der Waals surface area (Å²) in [5.41, 5.74) is 1.61. The molecular formula is C19H31NO. The van der Waals surface area contributed by atoms with Crippen LogP contribution in [-0.4, -0.2) is 18.7 Å². The van der Waals surface area contributed by atoms with Crippen molar-refractivity contribution in [3.63, 3.8) is 0 Å². The van der Waals surface area contributed by atoms with E-state index >= 15 is 0 Å². The molecule has 0 radical (unpaired) electrons. The minimum Gasteiger partial charge on any atom is -0.494 e. The summed E-state index contributed by atoms with van der Waals surface area (Å²) in [5, 5.41) is 3.70. The zero-order valence-electron chi connectivity index (χ0n) is 14.1. The molecule has 2 heteroatoms. The van der Waals surface area contributed by atoms with Crippen LogP contribution in [0.5, 0.6) is 5.75 Å². The van der Waals surface area contributed by atoms with Gasteiger partial charge in [-0.1, -0.05) is 31.0 Å². The Morgan fingerprint density at radius 2 is 1.86 bits per heavy atom. The summed E-state index contributed by atoms with van der Waals surface area (Å²) < 4.78 is 5.86. The first-order chi connectivity index (χ1) is 10.0. The molecule has 1 aromatic carbocycles. The third-order valence-electron chi connectivity index (χ3n) is 4.42.